The summed E-state index contributed by atoms with van der Waals surface area (Å²) >= 11 is 5.20. The average Bonchev–Trinajstić information content (AvgIpc) is 2.19. The van der Waals surface area contributed by atoms with Crippen LogP contribution in [0, 0.1) is 11.6 Å². The van der Waals surface area contributed by atoms with Crippen LogP contribution in [0.5, 0.6) is 0 Å². The molecule has 0 aliphatic carbocycles. The van der Waals surface area contributed by atoms with E-state index in [-0.39, 0.29) is 0 Å². The van der Waals surface area contributed by atoms with Gasteiger partial charge in [0.25, 0.3) is 0 Å². The van der Waals surface area contributed by atoms with Gasteiger partial charge in [-0.3, -0.25) is 4.79 Å². The van der Waals surface area contributed by atoms with Crippen LogP contribution < -0.4 is 0 Å². The van der Waals surface area contributed by atoms with Gasteiger partial charge in [-0.2, -0.15) is 0 Å². The number of hydrogen-bond donors (Lipinski definition) is 0. The lowest BCUT2D eigenvalue weighted by molar-refractivity contribution is 0.232. The molecule has 2 nitrogen and oxygen atoms in total. The Morgan fingerprint density at radius 3 is 2.60 bits per heavy atom. The number of rotatable bonds is 3. The second kappa shape index (κ2) is 5.07. The zero-order chi connectivity index (χ0) is 11.4. The minimum Gasteiger partial charge on any atom is -0.332 e. The molecule has 1 aromatic rings. The fourth-order valence-electron chi connectivity index (χ4n) is 1.08. The highest BCUT2D eigenvalue weighted by molar-refractivity contribution is 6.62. The summed E-state index contributed by atoms with van der Waals surface area (Å²) in [4.78, 5) is 11.9. The molecule has 15 heavy (non-hydrogen) atoms. The molecule has 82 valence electrons. The van der Waals surface area contributed by atoms with Gasteiger partial charge in [-0.05, 0) is 35.7 Å². The van der Waals surface area contributed by atoms with E-state index in [1.165, 1.54) is 18.0 Å². The number of nitrogens with zero attached hydrogens (tertiary/aromatic N) is 1. The SMILES string of the molecule is CN(CCc1ccc(F)c(F)c1)C(=O)Cl. The molecule has 0 saturated carbocycles. The van der Waals surface area contributed by atoms with Crippen molar-refractivity contribution in [1.82, 2.24) is 4.90 Å². The number of carbonyl (C=O) groups is 1. The van der Waals surface area contributed by atoms with Crippen molar-refractivity contribution in [3.8, 4) is 0 Å². The molecule has 0 atom stereocenters. The second-order valence-corrected chi connectivity index (χ2v) is 3.50. The van der Waals surface area contributed by atoms with Gasteiger partial charge < -0.3 is 4.90 Å². The minimum absolute atomic E-state index is 0.368. The predicted molar refractivity (Wildman–Crippen MR) is 53.9 cm³/mol. The first-order valence-corrected chi connectivity index (χ1v) is 4.73. The summed E-state index contributed by atoms with van der Waals surface area (Å²) in [5.74, 6) is -1.76. The molecule has 0 heterocycles. The predicted octanol–water partition coefficient (Wildman–Crippen LogP) is 2.80. The maximum Gasteiger partial charge on any atom is 0.316 e. The molecule has 0 N–H and O–H groups in total. The van der Waals surface area contributed by atoms with Crippen LogP contribution in [0.1, 0.15) is 5.56 Å². The van der Waals surface area contributed by atoms with Crippen molar-refractivity contribution in [2.45, 2.75) is 6.42 Å². The summed E-state index contributed by atoms with van der Waals surface area (Å²) in [5.41, 5.74) is 0.624. The molecular formula is C10H10ClF2NO. The smallest absolute Gasteiger partial charge is 0.316 e. The van der Waals surface area contributed by atoms with Gasteiger partial charge in [0.15, 0.2) is 11.6 Å². The molecule has 0 fully saturated rings. The molecular weight excluding hydrogens is 224 g/mol. The zero-order valence-corrected chi connectivity index (χ0v) is 8.89. The monoisotopic (exact) mass is 233 g/mol. The lowest BCUT2D eigenvalue weighted by atomic mass is 10.1. The largest absolute Gasteiger partial charge is 0.332 e. The third kappa shape index (κ3) is 3.47. The van der Waals surface area contributed by atoms with Gasteiger partial charge in [0, 0.05) is 13.6 Å². The Morgan fingerprint density at radius 2 is 2.07 bits per heavy atom. The Morgan fingerprint density at radius 1 is 1.40 bits per heavy atom. The van der Waals surface area contributed by atoms with Gasteiger partial charge >= 0.3 is 5.37 Å². The van der Waals surface area contributed by atoms with E-state index in [9.17, 15) is 13.6 Å². The molecule has 0 aromatic heterocycles. The van der Waals surface area contributed by atoms with Crippen LogP contribution in [0.3, 0.4) is 0 Å². The number of carbonyl (C=O) groups excluding carboxylic acids is 1. The molecule has 0 bridgehead atoms. The summed E-state index contributed by atoms with van der Waals surface area (Å²) in [6.45, 7) is 0.368. The highest BCUT2D eigenvalue weighted by Crippen LogP contribution is 2.09. The van der Waals surface area contributed by atoms with Crippen LogP contribution in [0.2, 0.25) is 0 Å². The van der Waals surface area contributed by atoms with Crippen molar-refractivity contribution < 1.29 is 13.6 Å². The summed E-state index contributed by atoms with van der Waals surface area (Å²) in [7, 11) is 1.54. The van der Waals surface area contributed by atoms with E-state index >= 15 is 0 Å². The number of hydrogen-bond acceptors (Lipinski definition) is 1. The van der Waals surface area contributed by atoms with E-state index in [2.05, 4.69) is 0 Å². The van der Waals surface area contributed by atoms with E-state index in [0.29, 0.717) is 18.5 Å². The first kappa shape index (κ1) is 11.9. The average molecular weight is 234 g/mol. The van der Waals surface area contributed by atoms with Crippen LogP contribution in [0.25, 0.3) is 0 Å². The van der Waals surface area contributed by atoms with E-state index in [4.69, 9.17) is 11.6 Å². The van der Waals surface area contributed by atoms with Gasteiger partial charge in [-0.15, -0.1) is 0 Å². The van der Waals surface area contributed by atoms with Crippen LogP contribution in [0.15, 0.2) is 18.2 Å². The van der Waals surface area contributed by atoms with Gasteiger partial charge in [0.1, 0.15) is 0 Å². The normalized spacial score (nSPS) is 10.1. The van der Waals surface area contributed by atoms with E-state index in [1.807, 2.05) is 0 Å². The first-order valence-electron chi connectivity index (χ1n) is 4.35. The van der Waals surface area contributed by atoms with Crippen LogP contribution in [-0.4, -0.2) is 23.9 Å². The molecule has 1 aromatic carbocycles. The van der Waals surface area contributed by atoms with E-state index in [1.54, 1.807) is 0 Å². The molecule has 0 radical (unpaired) electrons. The Hall–Kier alpha value is -1.16. The van der Waals surface area contributed by atoms with Crippen LogP contribution >= 0.6 is 11.6 Å². The maximum atomic E-state index is 12.8. The highest BCUT2D eigenvalue weighted by atomic mass is 35.5. The standard InChI is InChI=1S/C10H10ClF2NO/c1-14(10(11)15)5-4-7-2-3-8(12)9(13)6-7/h2-3,6H,4-5H2,1H3. The molecule has 1 rings (SSSR count). The van der Waals surface area contributed by atoms with Crippen molar-refractivity contribution in [3.63, 3.8) is 0 Å². The van der Waals surface area contributed by atoms with Crippen molar-refractivity contribution in [1.29, 1.82) is 0 Å². The lowest BCUT2D eigenvalue weighted by Gasteiger charge is -2.12. The van der Waals surface area contributed by atoms with Crippen molar-refractivity contribution in [2.75, 3.05) is 13.6 Å². The summed E-state index contributed by atoms with van der Waals surface area (Å²) in [6.07, 6.45) is 0.437. The summed E-state index contributed by atoms with van der Waals surface area (Å²) < 4.78 is 25.3. The summed E-state index contributed by atoms with van der Waals surface area (Å²) in [5, 5.41) is -0.572. The second-order valence-electron chi connectivity index (χ2n) is 3.17. The fourth-order valence-corrected chi connectivity index (χ4v) is 1.16. The minimum atomic E-state index is -0.882. The van der Waals surface area contributed by atoms with E-state index < -0.39 is 17.0 Å². The first-order chi connectivity index (χ1) is 7.00. The van der Waals surface area contributed by atoms with Gasteiger partial charge in [-0.1, -0.05) is 6.07 Å². The topological polar surface area (TPSA) is 20.3 Å². The van der Waals surface area contributed by atoms with E-state index in [0.717, 1.165) is 12.1 Å². The molecule has 0 saturated heterocycles. The molecule has 5 heteroatoms. The number of likely N-dealkylation sites (N-methyl/N-ethyl adjacent to an activating group) is 1. The lowest BCUT2D eigenvalue weighted by Crippen LogP contribution is -2.23. The Balaban J connectivity index is 2.58. The highest BCUT2D eigenvalue weighted by Gasteiger charge is 2.06. The molecule has 1 amide bonds. The zero-order valence-electron chi connectivity index (χ0n) is 8.14. The Bertz CT molecular complexity index is 370. The van der Waals surface area contributed by atoms with Gasteiger partial charge in [0.2, 0.25) is 0 Å². The van der Waals surface area contributed by atoms with Gasteiger partial charge in [0.05, 0.1) is 0 Å². The molecule has 0 spiro atoms. The quantitative estimate of drug-likeness (QED) is 0.581. The third-order valence-corrected chi connectivity index (χ3v) is 2.31. The molecule has 0 aliphatic rings. The maximum absolute atomic E-state index is 12.8. The Labute approximate surface area is 91.4 Å². The molecule has 0 unspecified atom stereocenters. The van der Waals surface area contributed by atoms with Crippen molar-refractivity contribution in [2.24, 2.45) is 0 Å². The molecule has 0 aliphatic heterocycles. The summed E-state index contributed by atoms with van der Waals surface area (Å²) in [6, 6.07) is 3.65. The van der Waals surface area contributed by atoms with Crippen molar-refractivity contribution >= 4 is 17.0 Å². The number of amides is 1. The Kier molecular flexibility index (Phi) is 4.03. The van der Waals surface area contributed by atoms with Crippen LogP contribution in [-0.2, 0) is 6.42 Å². The van der Waals surface area contributed by atoms with Gasteiger partial charge in [-0.25, -0.2) is 8.78 Å². The fraction of sp³-hybridized carbons (Fsp3) is 0.300. The van der Waals surface area contributed by atoms with Crippen molar-refractivity contribution in [3.05, 3.63) is 35.4 Å². The number of benzene rings is 1. The van der Waals surface area contributed by atoms with Crippen LogP contribution in [0.4, 0.5) is 13.6 Å². The third-order valence-electron chi connectivity index (χ3n) is 2.02. The number of halogens is 3.